The van der Waals surface area contributed by atoms with Gasteiger partial charge in [-0.3, -0.25) is 4.79 Å². The quantitative estimate of drug-likeness (QED) is 0.665. The van der Waals surface area contributed by atoms with Crippen LogP contribution in [0.4, 0.5) is 0 Å². The van der Waals surface area contributed by atoms with Crippen LogP contribution in [0.5, 0.6) is 0 Å². The molecular weight excluding hydrogens is 358 g/mol. The van der Waals surface area contributed by atoms with E-state index in [0.29, 0.717) is 28.7 Å². The number of amides is 1. The molecule has 4 rings (SSSR count). The molecule has 0 spiro atoms. The van der Waals surface area contributed by atoms with Gasteiger partial charge in [0.2, 0.25) is 5.60 Å². The number of carboxylic acids is 1. The van der Waals surface area contributed by atoms with Crippen molar-refractivity contribution in [1.29, 1.82) is 0 Å². The molecule has 140 valence electrons. The fraction of sp³-hybridized carbons (Fsp3) is 0.190. The number of aromatic carboxylic acids is 1. The van der Waals surface area contributed by atoms with Crippen molar-refractivity contribution >= 4 is 22.8 Å². The summed E-state index contributed by atoms with van der Waals surface area (Å²) in [5.41, 5.74) is 0.193. The highest BCUT2D eigenvalue weighted by molar-refractivity contribution is 6.01. The van der Waals surface area contributed by atoms with Crippen molar-refractivity contribution in [2.24, 2.45) is 0 Å². The molecule has 2 N–H and O–H groups in total. The van der Waals surface area contributed by atoms with Gasteiger partial charge in [-0.2, -0.15) is 5.10 Å². The van der Waals surface area contributed by atoms with Gasteiger partial charge in [0.1, 0.15) is 0 Å². The average Bonchev–Trinajstić information content (AvgIpc) is 3.21. The van der Waals surface area contributed by atoms with Crippen LogP contribution in [0.2, 0.25) is 0 Å². The molecule has 7 nitrogen and oxygen atoms in total. The molecule has 7 heteroatoms. The number of rotatable bonds is 2. The Morgan fingerprint density at radius 2 is 2.00 bits per heavy atom. The van der Waals surface area contributed by atoms with Gasteiger partial charge in [0.25, 0.3) is 5.91 Å². The van der Waals surface area contributed by atoms with E-state index in [1.807, 2.05) is 6.07 Å². The number of likely N-dealkylation sites (tertiary alicyclic amines) is 1. The molecule has 1 saturated heterocycles. The molecule has 0 saturated carbocycles. The first-order valence-corrected chi connectivity index (χ1v) is 8.72. The Hall–Kier alpha value is -3.63. The van der Waals surface area contributed by atoms with Crippen molar-refractivity contribution < 1.29 is 19.8 Å². The van der Waals surface area contributed by atoms with Crippen molar-refractivity contribution in [2.45, 2.75) is 12.0 Å². The maximum absolute atomic E-state index is 12.1. The Kier molecular flexibility index (Phi) is 4.13. The first-order valence-electron chi connectivity index (χ1n) is 8.72. The Labute approximate surface area is 160 Å². The number of hydrogen-bond acceptors (Lipinski definition) is 4. The van der Waals surface area contributed by atoms with Gasteiger partial charge in [0, 0.05) is 31.0 Å². The van der Waals surface area contributed by atoms with Crippen LogP contribution < -0.4 is 0 Å². The maximum Gasteiger partial charge on any atom is 0.357 e. The zero-order chi connectivity index (χ0) is 19.9. The lowest BCUT2D eigenvalue weighted by Gasteiger charge is -2.13. The topological polar surface area (TPSA) is 95.7 Å². The van der Waals surface area contributed by atoms with Gasteiger partial charge in [-0.15, -0.1) is 0 Å². The molecule has 0 aliphatic carbocycles. The summed E-state index contributed by atoms with van der Waals surface area (Å²) in [5, 5.41) is 24.6. The molecule has 0 bridgehead atoms. The molecule has 1 aliphatic rings. The fourth-order valence-electron chi connectivity index (χ4n) is 3.28. The normalized spacial score (nSPS) is 18.9. The zero-order valence-electron chi connectivity index (χ0n) is 15.1. The van der Waals surface area contributed by atoms with E-state index in [1.165, 1.54) is 4.90 Å². The number of fused-ring (bicyclic) bond motifs is 1. The monoisotopic (exact) mass is 375 g/mol. The van der Waals surface area contributed by atoms with Crippen molar-refractivity contribution in [2.75, 3.05) is 13.6 Å². The molecule has 2 heterocycles. The van der Waals surface area contributed by atoms with Crippen LogP contribution in [0.1, 0.15) is 22.5 Å². The third kappa shape index (κ3) is 2.90. The van der Waals surface area contributed by atoms with Gasteiger partial charge in [-0.1, -0.05) is 36.1 Å². The standard InChI is InChI=1S/C21H17N3O4/c1-23-12-11-21(28,20(23)27)10-9-14-5-4-6-15(13-14)24-17-8-3-2-7-16(17)18(22-24)19(25)26/h2-8,13,28H,11-12H2,1H3,(H,25,26). The van der Waals surface area contributed by atoms with Crippen molar-refractivity contribution in [3.63, 3.8) is 0 Å². The van der Waals surface area contributed by atoms with Gasteiger partial charge in [0.05, 0.1) is 11.2 Å². The van der Waals surface area contributed by atoms with Crippen LogP contribution in [0.25, 0.3) is 16.6 Å². The lowest BCUT2D eigenvalue weighted by atomic mass is 10.0. The number of para-hydroxylation sites is 1. The summed E-state index contributed by atoms with van der Waals surface area (Å²) in [5.74, 6) is 4.04. The van der Waals surface area contributed by atoms with E-state index in [1.54, 1.807) is 54.2 Å². The van der Waals surface area contributed by atoms with Crippen molar-refractivity contribution in [3.05, 3.63) is 59.8 Å². The van der Waals surface area contributed by atoms with E-state index < -0.39 is 17.5 Å². The lowest BCUT2D eigenvalue weighted by molar-refractivity contribution is -0.137. The van der Waals surface area contributed by atoms with Gasteiger partial charge in [-0.05, 0) is 24.3 Å². The van der Waals surface area contributed by atoms with E-state index >= 15 is 0 Å². The molecule has 1 atom stereocenters. The molecule has 1 unspecified atom stereocenters. The SMILES string of the molecule is CN1CCC(O)(C#Cc2cccc(-n3nc(C(=O)O)c4ccccc43)c2)C1=O. The summed E-state index contributed by atoms with van der Waals surface area (Å²) < 4.78 is 1.55. The van der Waals surface area contributed by atoms with E-state index in [9.17, 15) is 19.8 Å². The number of benzene rings is 2. The van der Waals surface area contributed by atoms with E-state index in [-0.39, 0.29) is 12.1 Å². The predicted molar refractivity (Wildman–Crippen MR) is 102 cm³/mol. The highest BCUT2D eigenvalue weighted by atomic mass is 16.4. The summed E-state index contributed by atoms with van der Waals surface area (Å²) >= 11 is 0. The second-order valence-corrected chi connectivity index (χ2v) is 6.72. The number of aliphatic hydroxyl groups is 1. The molecule has 0 radical (unpaired) electrons. The second-order valence-electron chi connectivity index (χ2n) is 6.72. The van der Waals surface area contributed by atoms with Crippen LogP contribution in [0.15, 0.2) is 48.5 Å². The number of carbonyl (C=O) groups excluding carboxylic acids is 1. The van der Waals surface area contributed by atoms with Crippen LogP contribution in [-0.2, 0) is 4.79 Å². The zero-order valence-corrected chi connectivity index (χ0v) is 15.1. The molecule has 1 aliphatic heterocycles. The highest BCUT2D eigenvalue weighted by Gasteiger charge is 2.42. The van der Waals surface area contributed by atoms with Crippen LogP contribution in [-0.4, -0.2) is 56.0 Å². The van der Waals surface area contributed by atoms with Crippen LogP contribution in [0, 0.1) is 11.8 Å². The summed E-state index contributed by atoms with van der Waals surface area (Å²) in [4.78, 5) is 25.0. The minimum absolute atomic E-state index is 0.0269. The Bertz CT molecular complexity index is 1170. The predicted octanol–water partition coefficient (Wildman–Crippen LogP) is 1.67. The van der Waals surface area contributed by atoms with Gasteiger partial charge in [-0.25, -0.2) is 9.48 Å². The lowest BCUT2D eigenvalue weighted by Crippen LogP contribution is -2.37. The first kappa shape index (κ1) is 17.8. The molecule has 1 aromatic heterocycles. The highest BCUT2D eigenvalue weighted by Crippen LogP contribution is 2.23. The number of carbonyl (C=O) groups is 2. The Balaban J connectivity index is 1.76. The number of carboxylic acid groups (broad SMARTS) is 1. The third-order valence-corrected chi connectivity index (χ3v) is 4.80. The number of hydrogen-bond donors (Lipinski definition) is 2. The summed E-state index contributed by atoms with van der Waals surface area (Å²) in [6.45, 7) is 0.460. The first-order chi connectivity index (χ1) is 13.4. The minimum atomic E-state index is -1.67. The van der Waals surface area contributed by atoms with E-state index in [2.05, 4.69) is 16.9 Å². The van der Waals surface area contributed by atoms with Gasteiger partial charge < -0.3 is 15.1 Å². The van der Waals surface area contributed by atoms with Crippen molar-refractivity contribution in [1.82, 2.24) is 14.7 Å². The molecule has 3 aromatic rings. The molecule has 1 amide bonds. The smallest absolute Gasteiger partial charge is 0.357 e. The molecule has 2 aromatic carbocycles. The van der Waals surface area contributed by atoms with Crippen LogP contribution >= 0.6 is 0 Å². The van der Waals surface area contributed by atoms with E-state index in [4.69, 9.17) is 0 Å². The minimum Gasteiger partial charge on any atom is -0.476 e. The van der Waals surface area contributed by atoms with Gasteiger partial charge >= 0.3 is 5.97 Å². The van der Waals surface area contributed by atoms with Crippen LogP contribution in [0.3, 0.4) is 0 Å². The number of aromatic nitrogens is 2. The van der Waals surface area contributed by atoms with Crippen molar-refractivity contribution in [3.8, 4) is 17.5 Å². The number of likely N-dealkylation sites (N-methyl/N-ethyl adjacent to an activating group) is 1. The number of nitrogens with zero attached hydrogens (tertiary/aromatic N) is 3. The van der Waals surface area contributed by atoms with Gasteiger partial charge in [0.15, 0.2) is 5.69 Å². The Morgan fingerprint density at radius 3 is 2.71 bits per heavy atom. The second kappa shape index (κ2) is 6.51. The average molecular weight is 375 g/mol. The fourth-order valence-corrected chi connectivity index (χ4v) is 3.28. The maximum atomic E-state index is 12.1. The summed E-state index contributed by atoms with van der Waals surface area (Å²) in [7, 11) is 1.63. The summed E-state index contributed by atoms with van der Waals surface area (Å²) in [6.07, 6.45) is 0.265. The molecular formula is C21H17N3O4. The molecule has 1 fully saturated rings. The largest absolute Gasteiger partial charge is 0.476 e. The Morgan fingerprint density at radius 1 is 1.21 bits per heavy atom. The third-order valence-electron chi connectivity index (χ3n) is 4.80. The van der Waals surface area contributed by atoms with E-state index in [0.717, 1.165) is 0 Å². The summed E-state index contributed by atoms with van der Waals surface area (Å²) in [6, 6.07) is 14.1. The molecule has 28 heavy (non-hydrogen) atoms.